The molecule has 0 N–H and O–H groups in total. The van der Waals surface area contributed by atoms with Crippen molar-refractivity contribution in [2.24, 2.45) is 0 Å². The maximum absolute atomic E-state index is 6.90. The van der Waals surface area contributed by atoms with E-state index in [1.165, 1.54) is 76.6 Å². The number of fused-ring (bicyclic) bond motifs is 12. The van der Waals surface area contributed by atoms with Crippen LogP contribution in [0.25, 0.3) is 33.4 Å². The first-order valence-corrected chi connectivity index (χ1v) is 21.8. The van der Waals surface area contributed by atoms with E-state index in [9.17, 15) is 0 Å². The van der Waals surface area contributed by atoms with Crippen LogP contribution in [-0.2, 0) is 16.2 Å². The largest absolute Gasteiger partial charge is 0.456 e. The molecule has 50 heavy (non-hydrogen) atoms. The van der Waals surface area contributed by atoms with E-state index in [1.54, 1.807) is 10.4 Å². The second-order valence-corrected chi connectivity index (χ2v) is 22.3. The van der Waals surface area contributed by atoms with Crippen molar-refractivity contribution in [2.75, 3.05) is 0 Å². The topological polar surface area (TPSA) is 9.23 Å². The molecule has 0 atom stereocenters. The van der Waals surface area contributed by atoms with Gasteiger partial charge in [-0.15, -0.1) is 0 Å². The van der Waals surface area contributed by atoms with Crippen molar-refractivity contribution < 1.29 is 4.74 Å². The van der Waals surface area contributed by atoms with Gasteiger partial charge in [-0.2, -0.15) is 0 Å². The van der Waals surface area contributed by atoms with Crippen LogP contribution in [0, 0.1) is 0 Å². The maximum atomic E-state index is 6.90. The van der Waals surface area contributed by atoms with Gasteiger partial charge in [-0.05, 0) is 72.6 Å². The summed E-state index contributed by atoms with van der Waals surface area (Å²) >= 11 is 2.02. The number of rotatable bonds is 1. The summed E-state index contributed by atoms with van der Waals surface area (Å²) in [7, 11) is -2.02. The maximum Gasteiger partial charge on any atom is 0.139 e. The lowest BCUT2D eigenvalue weighted by Gasteiger charge is -2.36. The van der Waals surface area contributed by atoms with Crippen LogP contribution in [0.15, 0.2) is 119 Å². The highest BCUT2D eigenvalue weighted by Crippen LogP contribution is 2.60. The van der Waals surface area contributed by atoms with Gasteiger partial charge < -0.3 is 4.74 Å². The van der Waals surface area contributed by atoms with E-state index in [1.807, 2.05) is 11.8 Å². The van der Waals surface area contributed by atoms with E-state index in [0.29, 0.717) is 0 Å². The van der Waals surface area contributed by atoms with Crippen LogP contribution in [0.2, 0.25) is 13.1 Å². The quantitative estimate of drug-likeness (QED) is 0.160. The Morgan fingerprint density at radius 1 is 0.480 bits per heavy atom. The molecule has 0 saturated heterocycles. The molecule has 3 heteroatoms. The third-order valence-electron chi connectivity index (χ3n) is 12.8. The Morgan fingerprint density at radius 2 is 1.06 bits per heavy atom. The fourth-order valence-corrected chi connectivity index (χ4v) is 15.6. The summed E-state index contributed by atoms with van der Waals surface area (Å²) < 4.78 is 6.90. The fourth-order valence-electron chi connectivity index (χ4n) is 9.88. The molecule has 0 unspecified atom stereocenters. The average molecular weight is 683 g/mol. The van der Waals surface area contributed by atoms with E-state index >= 15 is 0 Å². The first-order valence-electron chi connectivity index (χ1n) is 18.0. The average Bonchev–Trinajstić information content (AvgIpc) is 3.48. The van der Waals surface area contributed by atoms with Gasteiger partial charge in [-0.1, -0.05) is 163 Å². The Kier molecular flexibility index (Phi) is 5.93. The summed E-state index contributed by atoms with van der Waals surface area (Å²) in [6.45, 7) is 19.3. The van der Waals surface area contributed by atoms with Gasteiger partial charge in [0.1, 0.15) is 19.6 Å². The standard InChI is InChI=1S/C47H42OSSi/c1-45(2)31-16-10-9-14-29(31)41-35(45)24-25-39-44(41)49-43-28(15-13-19-38(43)50(39,7)8)27-20-21-32-30(26-27)40-34(46(32,3)4)22-23-36-42(40)48-37-18-12-11-17-33(37)47(36,5)6/h9-26H,1-8H3. The van der Waals surface area contributed by atoms with E-state index in [-0.39, 0.29) is 16.2 Å². The Balaban J connectivity index is 1.17. The molecule has 0 fully saturated rings. The third kappa shape index (κ3) is 3.70. The van der Waals surface area contributed by atoms with Crippen LogP contribution in [0.1, 0.15) is 74.9 Å². The van der Waals surface area contributed by atoms with Crippen molar-refractivity contribution >= 4 is 30.2 Å². The molecule has 1 nitrogen and oxygen atoms in total. The summed E-state index contributed by atoms with van der Waals surface area (Å²) in [5, 5.41) is 3.10. The molecule has 4 aliphatic rings. The van der Waals surface area contributed by atoms with Gasteiger partial charge in [0.2, 0.25) is 0 Å². The zero-order chi connectivity index (χ0) is 34.5. The van der Waals surface area contributed by atoms with E-state index in [4.69, 9.17) is 4.74 Å². The number of hydrogen-bond acceptors (Lipinski definition) is 2. The molecule has 6 aromatic carbocycles. The molecule has 0 spiro atoms. The van der Waals surface area contributed by atoms with Crippen molar-refractivity contribution in [1.82, 2.24) is 0 Å². The van der Waals surface area contributed by atoms with Crippen molar-refractivity contribution in [3.05, 3.63) is 143 Å². The number of hydrogen-bond donors (Lipinski definition) is 0. The molecule has 2 heterocycles. The smallest absolute Gasteiger partial charge is 0.139 e. The van der Waals surface area contributed by atoms with Crippen molar-refractivity contribution in [2.45, 2.75) is 80.7 Å². The summed E-state index contributed by atoms with van der Waals surface area (Å²) in [6, 6.07) is 41.6. The van der Waals surface area contributed by atoms with Crippen LogP contribution < -0.4 is 15.1 Å². The minimum Gasteiger partial charge on any atom is -0.456 e. The molecule has 2 aliphatic heterocycles. The summed E-state index contributed by atoms with van der Waals surface area (Å²) in [5.74, 6) is 2.00. The van der Waals surface area contributed by atoms with Gasteiger partial charge in [0, 0.05) is 42.7 Å². The molecule has 0 radical (unpaired) electrons. The van der Waals surface area contributed by atoms with Gasteiger partial charge in [0.15, 0.2) is 0 Å². The molecule has 6 aromatic rings. The molecular weight excluding hydrogens is 641 g/mol. The molecule has 0 saturated carbocycles. The molecular formula is C47H42OSSi. The number of ether oxygens (including phenoxy) is 1. The summed E-state index contributed by atoms with van der Waals surface area (Å²) in [4.78, 5) is 2.92. The monoisotopic (exact) mass is 682 g/mol. The summed E-state index contributed by atoms with van der Waals surface area (Å²) in [6.07, 6.45) is 0. The first-order chi connectivity index (χ1) is 23.8. The molecule has 10 rings (SSSR count). The molecule has 0 amide bonds. The second-order valence-electron chi connectivity index (χ2n) is 16.9. The van der Waals surface area contributed by atoms with E-state index < -0.39 is 8.07 Å². The van der Waals surface area contributed by atoms with E-state index in [2.05, 4.69) is 164 Å². The highest BCUT2D eigenvalue weighted by molar-refractivity contribution is 8.00. The molecule has 0 aromatic heterocycles. The molecule has 0 bridgehead atoms. The van der Waals surface area contributed by atoms with Crippen LogP contribution >= 0.6 is 11.8 Å². The highest BCUT2D eigenvalue weighted by atomic mass is 32.2. The van der Waals surface area contributed by atoms with Crippen molar-refractivity contribution in [3.63, 3.8) is 0 Å². The van der Waals surface area contributed by atoms with Gasteiger partial charge in [0.25, 0.3) is 0 Å². The SMILES string of the molecule is CC1(C)c2ccccc2Oc2c1ccc1c2-c2cc(-c3cccc4c3Sc3c(ccc5c3-c3ccccc3C5(C)C)[Si]4(C)C)ccc2C1(C)C. The fraction of sp³-hybridized carbons (Fsp3) is 0.234. The van der Waals surface area contributed by atoms with Crippen molar-refractivity contribution in [1.29, 1.82) is 0 Å². The number of benzene rings is 6. The van der Waals surface area contributed by atoms with Crippen LogP contribution in [-0.4, -0.2) is 8.07 Å². The van der Waals surface area contributed by atoms with Gasteiger partial charge in [0.05, 0.1) is 0 Å². The number of para-hydroxylation sites is 1. The highest BCUT2D eigenvalue weighted by Gasteiger charge is 2.45. The zero-order valence-electron chi connectivity index (χ0n) is 30.2. The Labute approximate surface area is 301 Å². The van der Waals surface area contributed by atoms with E-state index in [0.717, 1.165) is 11.5 Å². The lowest BCUT2D eigenvalue weighted by molar-refractivity contribution is 0.419. The van der Waals surface area contributed by atoms with Crippen LogP contribution in [0.4, 0.5) is 0 Å². The lowest BCUT2D eigenvalue weighted by Crippen LogP contribution is -2.56. The second kappa shape index (κ2) is 9.72. The minimum atomic E-state index is -2.02. The molecule has 2 aliphatic carbocycles. The Hall–Kier alpha value is -4.31. The normalized spacial score (nSPS) is 18.3. The first kappa shape index (κ1) is 30.5. The zero-order valence-corrected chi connectivity index (χ0v) is 32.0. The predicted octanol–water partition coefficient (Wildman–Crippen LogP) is 11.7. The minimum absolute atomic E-state index is 0.0104. The van der Waals surface area contributed by atoms with Crippen LogP contribution in [0.3, 0.4) is 0 Å². The van der Waals surface area contributed by atoms with Gasteiger partial charge >= 0.3 is 0 Å². The summed E-state index contributed by atoms with van der Waals surface area (Å²) in [5.41, 5.74) is 15.9. The Morgan fingerprint density at radius 3 is 1.86 bits per heavy atom. The van der Waals surface area contributed by atoms with Gasteiger partial charge in [-0.25, -0.2) is 0 Å². The predicted molar refractivity (Wildman–Crippen MR) is 213 cm³/mol. The third-order valence-corrected chi connectivity index (χ3v) is 18.0. The van der Waals surface area contributed by atoms with Gasteiger partial charge in [-0.3, -0.25) is 0 Å². The van der Waals surface area contributed by atoms with Crippen molar-refractivity contribution in [3.8, 4) is 44.9 Å². The Bertz CT molecular complexity index is 2500. The lowest BCUT2D eigenvalue weighted by atomic mass is 9.74. The van der Waals surface area contributed by atoms with Crippen LogP contribution in [0.5, 0.6) is 11.5 Å². The molecule has 246 valence electrons.